The average Bonchev–Trinajstić information content (AvgIpc) is 1.70. The summed E-state index contributed by atoms with van der Waals surface area (Å²) in [7, 11) is 3.97. The number of carboxylic acid groups (broad SMARTS) is 1. The smallest absolute Gasteiger partial charge is 0.339 e. The molecule has 15 aromatic rings. The van der Waals surface area contributed by atoms with Crippen molar-refractivity contribution in [2.75, 3.05) is 56.6 Å². The van der Waals surface area contributed by atoms with Gasteiger partial charge in [-0.3, -0.25) is 0 Å². The molecule has 13 N–H and O–H groups in total. The summed E-state index contributed by atoms with van der Waals surface area (Å²) in [5.74, 6) is -2.67. The second-order valence-electron chi connectivity index (χ2n) is 35.0. The number of aliphatic hydroxyl groups excluding tert-OH is 2. The fourth-order valence-electron chi connectivity index (χ4n) is 15.2. The molecule has 700 valence electrons. The van der Waals surface area contributed by atoms with Crippen LogP contribution in [-0.2, 0) is 52.3 Å². The normalized spacial score (nSPS) is 12.9. The SMILES string of the molecule is COC(=O)[C@@H](O)c1c(C)cc2nc(N)sc2c1-c1ccc(Cl)cc1.COC(=O)[C@@H](OC(C)(C)C)c1c(C)cc2nc(N)sc2c1-c1ccc(Cl)cc1.COC(=O)[C@@H](OC(C)(C)C)c1c(C)cc2nc(N)sc2c1-c1ccc(Cl)cc1.Cc1cc2nc(N)sc2c(-c2ccc(Cl)cc2)c1[C@@H](CO)OC(C)(C)C.Cc1cc2nc(N)sc2c(-c2ccc(Cl)cc2)c1[C@H](OC(C)(C)C)C(=O)O. The first-order valence-electron chi connectivity index (χ1n) is 41.6. The van der Waals surface area contributed by atoms with Crippen molar-refractivity contribution in [1.82, 2.24) is 24.9 Å². The molecule has 10 aromatic carbocycles. The van der Waals surface area contributed by atoms with Gasteiger partial charge in [0, 0.05) is 75.2 Å². The molecular formula is C99H105Cl5N10O14S5. The minimum absolute atomic E-state index is 0.113. The van der Waals surface area contributed by atoms with E-state index < -0.39 is 76.8 Å². The highest BCUT2D eigenvalue weighted by Gasteiger charge is 2.38. The zero-order valence-electron chi connectivity index (χ0n) is 76.9. The van der Waals surface area contributed by atoms with Crippen LogP contribution in [-0.4, -0.2) is 114 Å². The number of aliphatic hydroxyl groups is 2. The largest absolute Gasteiger partial charge is 0.479 e. The number of hydrogen-bond acceptors (Lipinski definition) is 28. The van der Waals surface area contributed by atoms with E-state index in [0.717, 1.165) is 146 Å². The summed E-state index contributed by atoms with van der Waals surface area (Å²) >= 11 is 37.1. The molecule has 34 heteroatoms. The molecule has 0 bridgehead atoms. The van der Waals surface area contributed by atoms with Crippen LogP contribution >= 0.6 is 115 Å². The maximum atomic E-state index is 12.7. The Hall–Kier alpha value is -10.3. The van der Waals surface area contributed by atoms with E-state index in [4.69, 9.17) is 120 Å². The summed E-state index contributed by atoms with van der Waals surface area (Å²) in [6.45, 7) is 32.3. The van der Waals surface area contributed by atoms with Crippen molar-refractivity contribution in [3.8, 4) is 55.6 Å². The first-order chi connectivity index (χ1) is 62.4. The van der Waals surface area contributed by atoms with E-state index in [1.807, 2.05) is 245 Å². The molecule has 0 amide bonds. The zero-order chi connectivity index (χ0) is 97.7. The van der Waals surface area contributed by atoms with E-state index >= 15 is 0 Å². The van der Waals surface area contributed by atoms with E-state index in [1.54, 1.807) is 24.3 Å². The number of thiazole rings is 5. The lowest BCUT2D eigenvalue weighted by Gasteiger charge is -2.29. The van der Waals surface area contributed by atoms with Crippen LogP contribution in [0.15, 0.2) is 152 Å². The van der Waals surface area contributed by atoms with Crippen LogP contribution in [0.5, 0.6) is 0 Å². The lowest BCUT2D eigenvalue weighted by Crippen LogP contribution is -2.29. The number of aromatic nitrogens is 5. The van der Waals surface area contributed by atoms with Crippen LogP contribution in [0.4, 0.5) is 25.7 Å². The lowest BCUT2D eigenvalue weighted by atomic mass is 9.91. The number of esters is 3. The number of ether oxygens (including phenoxy) is 7. The number of aryl methyl sites for hydroxylation is 5. The molecule has 0 aliphatic carbocycles. The summed E-state index contributed by atoms with van der Waals surface area (Å²) in [6.07, 6.45) is -4.74. The molecule has 0 unspecified atom stereocenters. The highest BCUT2D eigenvalue weighted by atomic mass is 35.5. The van der Waals surface area contributed by atoms with Crippen molar-refractivity contribution in [2.45, 2.75) is 171 Å². The topological polar surface area (TPSA) is 388 Å². The monoisotopic (exact) mass is 1990 g/mol. The minimum Gasteiger partial charge on any atom is -0.479 e. The van der Waals surface area contributed by atoms with E-state index in [1.165, 1.54) is 78.0 Å². The average molecular weight is 2000 g/mol. The number of aliphatic carboxylic acids is 1. The van der Waals surface area contributed by atoms with Gasteiger partial charge in [-0.2, -0.15) is 0 Å². The predicted octanol–water partition coefficient (Wildman–Crippen LogP) is 25.6. The Morgan fingerprint density at radius 2 is 0.534 bits per heavy atom. The van der Waals surface area contributed by atoms with Gasteiger partial charge in [0.25, 0.3) is 0 Å². The highest BCUT2D eigenvalue weighted by Crippen LogP contribution is 2.50. The Morgan fingerprint density at radius 3 is 0.752 bits per heavy atom. The Morgan fingerprint density at radius 1 is 0.331 bits per heavy atom. The van der Waals surface area contributed by atoms with Gasteiger partial charge < -0.3 is 77.1 Å². The number of nitrogen functional groups attached to an aromatic ring is 5. The van der Waals surface area contributed by atoms with Gasteiger partial charge in [0.2, 0.25) is 0 Å². The Bertz CT molecular complexity index is 6620. The second kappa shape index (κ2) is 42.8. The predicted molar refractivity (Wildman–Crippen MR) is 546 cm³/mol. The van der Waals surface area contributed by atoms with E-state index in [0.29, 0.717) is 67.5 Å². The standard InChI is InChI=1S/2C21H23ClN2O3S.C20H21ClN2O3S.C20H23ClN2O2S.C17H15ClN2O3S/c2*1-11-10-14-18(28-20(23)24-14)16(12-6-8-13(22)9-7-12)15(11)17(19(25)26-5)27-21(2,3)4;1-10-9-13-17(27-19(22)23-13)15(11-5-7-12(21)8-6-11)14(10)16(18(24)25)26-20(2,3)4;1-11-9-14-18(26-19(22)23-14)17(12-5-7-13(21)8-6-12)16(11)15(10-24)25-20(2,3)4;1-8-7-11-15(24-17(19)20-11)13(9-3-5-10(18)6-4-9)12(8)14(21)16(22)23-2/h2*6-10,17H,1-5H3,(H2,23,24);5-9,16H,1-4H3,(H2,22,23)(H,24,25);5-9,15,24H,10H2,1-4H3,(H2,22,23);3-7,14,21H,1-2H3,(H2,19,20)/t2*17-;16-;15-;14-/m00010/s1. The molecule has 15 rings (SSSR count). The Kier molecular flexibility index (Phi) is 33.2. The quantitative estimate of drug-likeness (QED) is 0.0275. The summed E-state index contributed by atoms with van der Waals surface area (Å²) in [5.41, 5.74) is 48.0. The number of anilines is 5. The number of rotatable bonds is 19. The third kappa shape index (κ3) is 25.1. The number of carbonyl (C=O) groups excluding carboxylic acids is 3. The molecule has 133 heavy (non-hydrogen) atoms. The number of carboxylic acids is 1. The molecule has 0 aliphatic rings. The molecule has 24 nitrogen and oxygen atoms in total. The van der Waals surface area contributed by atoms with Gasteiger partial charge in [-0.1, -0.05) is 175 Å². The van der Waals surface area contributed by atoms with Crippen LogP contribution in [0.2, 0.25) is 25.1 Å². The number of nitrogens with zero attached hydrogens (tertiary/aromatic N) is 5. The number of benzene rings is 10. The van der Waals surface area contributed by atoms with Crippen LogP contribution in [0.3, 0.4) is 0 Å². The van der Waals surface area contributed by atoms with Gasteiger partial charge in [0.05, 0.1) is 101 Å². The van der Waals surface area contributed by atoms with Crippen molar-refractivity contribution in [1.29, 1.82) is 0 Å². The molecule has 0 spiro atoms. The molecule has 5 heterocycles. The third-order valence-corrected chi connectivity index (χ3v) is 26.2. The number of fused-ring (bicyclic) bond motifs is 5. The molecular weight excluding hydrogens is 1890 g/mol. The van der Waals surface area contributed by atoms with Crippen molar-refractivity contribution < 1.29 is 67.7 Å². The molecule has 0 saturated carbocycles. The Balaban J connectivity index is 0.000000160. The van der Waals surface area contributed by atoms with Crippen LogP contribution in [0.1, 0.15) is 169 Å². The van der Waals surface area contributed by atoms with E-state index in [9.17, 15) is 34.5 Å². The van der Waals surface area contributed by atoms with Crippen LogP contribution < -0.4 is 28.7 Å². The number of carbonyl (C=O) groups is 4. The number of hydrogen-bond donors (Lipinski definition) is 8. The van der Waals surface area contributed by atoms with E-state index in [2.05, 4.69) is 24.9 Å². The molecule has 5 atom stereocenters. The van der Waals surface area contributed by atoms with Crippen molar-refractivity contribution in [2.24, 2.45) is 0 Å². The van der Waals surface area contributed by atoms with Gasteiger partial charge in [0.1, 0.15) is 6.10 Å². The highest BCUT2D eigenvalue weighted by molar-refractivity contribution is 7.24. The van der Waals surface area contributed by atoms with Gasteiger partial charge in [-0.25, -0.2) is 44.1 Å². The molecule has 0 radical (unpaired) electrons. The molecule has 0 aliphatic heterocycles. The van der Waals surface area contributed by atoms with Gasteiger partial charge in [-0.05, 0) is 270 Å². The minimum atomic E-state index is -1.39. The zero-order valence-corrected chi connectivity index (χ0v) is 84.8. The first-order valence-corrected chi connectivity index (χ1v) is 47.6. The second-order valence-corrected chi connectivity index (χ2v) is 42.3. The van der Waals surface area contributed by atoms with Crippen LogP contribution in [0, 0.1) is 34.6 Å². The van der Waals surface area contributed by atoms with Crippen molar-refractivity contribution >= 4 is 215 Å². The lowest BCUT2D eigenvalue weighted by molar-refractivity contribution is -0.164. The van der Waals surface area contributed by atoms with Gasteiger partial charge >= 0.3 is 23.9 Å². The van der Waals surface area contributed by atoms with E-state index in [-0.39, 0.29) is 6.61 Å². The van der Waals surface area contributed by atoms with Crippen molar-refractivity contribution in [3.05, 3.63) is 232 Å². The molecule has 0 fully saturated rings. The van der Waals surface area contributed by atoms with Gasteiger partial charge in [0.15, 0.2) is 50.1 Å². The summed E-state index contributed by atoms with van der Waals surface area (Å²) in [5, 5.41) is 35.9. The molecule has 0 saturated heterocycles. The summed E-state index contributed by atoms with van der Waals surface area (Å²) in [4.78, 5) is 71.5. The maximum absolute atomic E-state index is 12.7. The first kappa shape index (κ1) is 103. The number of halogens is 5. The van der Waals surface area contributed by atoms with Crippen LogP contribution in [0.25, 0.3) is 107 Å². The third-order valence-electron chi connectivity index (χ3n) is 20.3. The fraction of sp³-hybridized carbons (Fsp3) is 0.303. The van der Waals surface area contributed by atoms with Crippen molar-refractivity contribution in [3.63, 3.8) is 0 Å². The fourth-order valence-corrected chi connectivity index (χ4v) is 20.3. The number of methoxy groups -OCH3 is 3. The summed E-state index contributed by atoms with van der Waals surface area (Å²) in [6, 6.07) is 46.6. The molecule has 5 aromatic heterocycles. The summed E-state index contributed by atoms with van der Waals surface area (Å²) < 4.78 is 43.7. The number of nitrogens with two attached hydrogens (primary N) is 5. The van der Waals surface area contributed by atoms with Gasteiger partial charge in [-0.15, -0.1) is 0 Å². The maximum Gasteiger partial charge on any atom is 0.339 e. The Labute approximate surface area is 816 Å².